The molecule has 6 rings (SSSR count). The van der Waals surface area contributed by atoms with E-state index < -0.39 is 0 Å². The highest BCUT2D eigenvalue weighted by Crippen LogP contribution is 2.23. The Morgan fingerprint density at radius 2 is 1.97 bits per heavy atom. The molecule has 1 aliphatic heterocycles. The summed E-state index contributed by atoms with van der Waals surface area (Å²) < 4.78 is 11.1. The summed E-state index contributed by atoms with van der Waals surface area (Å²) in [5, 5.41) is 8.90. The number of aryl methyl sites for hydroxylation is 1. The summed E-state index contributed by atoms with van der Waals surface area (Å²) in [5.41, 5.74) is 2.00. The van der Waals surface area contributed by atoms with E-state index in [0.717, 1.165) is 42.5 Å². The molecule has 0 saturated carbocycles. The number of nitrogens with zero attached hydrogens (tertiary/aromatic N) is 9. The van der Waals surface area contributed by atoms with Gasteiger partial charge >= 0.3 is 6.01 Å². The van der Waals surface area contributed by atoms with Crippen LogP contribution in [0.4, 0.5) is 11.6 Å². The summed E-state index contributed by atoms with van der Waals surface area (Å²) in [5.74, 6) is 0.820. The van der Waals surface area contributed by atoms with Crippen molar-refractivity contribution in [3.63, 3.8) is 0 Å². The highest BCUT2D eigenvalue weighted by atomic mass is 16.5. The third-order valence-electron chi connectivity index (χ3n) is 6.75. The molecule has 5 heterocycles. The molecule has 38 heavy (non-hydrogen) atoms. The first kappa shape index (κ1) is 23.8. The minimum atomic E-state index is -0.236. The Labute approximate surface area is 218 Å². The predicted molar refractivity (Wildman–Crippen MR) is 144 cm³/mol. The van der Waals surface area contributed by atoms with Crippen LogP contribution in [0.25, 0.3) is 27.8 Å². The molecule has 0 amide bonds. The van der Waals surface area contributed by atoms with Crippen molar-refractivity contribution in [2.24, 2.45) is 7.05 Å². The van der Waals surface area contributed by atoms with Gasteiger partial charge in [-0.25, -0.2) is 19.3 Å². The van der Waals surface area contributed by atoms with Gasteiger partial charge in [-0.2, -0.15) is 15.1 Å². The third-order valence-corrected chi connectivity index (χ3v) is 6.75. The molecule has 4 aromatic heterocycles. The number of ether oxygens (including phenoxy) is 1. The molecule has 5 aromatic rings. The van der Waals surface area contributed by atoms with Crippen molar-refractivity contribution in [2.45, 2.75) is 25.5 Å². The number of anilines is 2. The van der Waals surface area contributed by atoms with Crippen molar-refractivity contribution in [3.8, 4) is 11.8 Å². The van der Waals surface area contributed by atoms with E-state index in [-0.39, 0.29) is 24.2 Å². The van der Waals surface area contributed by atoms with E-state index in [2.05, 4.69) is 43.9 Å². The van der Waals surface area contributed by atoms with E-state index in [1.54, 1.807) is 29.2 Å². The van der Waals surface area contributed by atoms with E-state index in [4.69, 9.17) is 9.72 Å². The SMILES string of the molecule is C=CCn1c(=O)c2cnc(Nc3ccc4c(cnn4C)c3)nc2n1-c1ccnc(OC2CCN(C)CC2)n1. The Balaban J connectivity index is 1.38. The van der Waals surface area contributed by atoms with Gasteiger partial charge in [0.15, 0.2) is 11.5 Å². The predicted octanol–water partition coefficient (Wildman–Crippen LogP) is 2.66. The van der Waals surface area contributed by atoms with Crippen molar-refractivity contribution in [3.05, 3.63) is 65.9 Å². The zero-order valence-electron chi connectivity index (χ0n) is 21.3. The molecular weight excluding hydrogens is 484 g/mol. The fraction of sp³-hybridized carbons (Fsp3) is 0.308. The molecule has 0 unspecified atom stereocenters. The van der Waals surface area contributed by atoms with Crippen molar-refractivity contribution in [2.75, 3.05) is 25.5 Å². The van der Waals surface area contributed by atoms with Gasteiger partial charge in [-0.1, -0.05) is 6.08 Å². The van der Waals surface area contributed by atoms with Crippen LogP contribution in [0.15, 0.2) is 60.3 Å². The van der Waals surface area contributed by atoms with Gasteiger partial charge in [-0.05, 0) is 38.1 Å². The monoisotopic (exact) mass is 512 g/mol. The van der Waals surface area contributed by atoms with Crippen LogP contribution in [0.2, 0.25) is 0 Å². The maximum atomic E-state index is 13.3. The fourth-order valence-electron chi connectivity index (χ4n) is 4.74. The standard InChI is InChI=1S/C26H28N10O2/c1-4-11-35-24(37)20-16-28-25(30-18-5-6-21-17(14-18)15-29-34(21)3)32-23(20)36(35)22-7-10-27-26(31-22)38-19-8-12-33(2)13-9-19/h4-7,10,14-16,19H,1,8-9,11-13H2,2-3H3,(H,28,30,32). The summed E-state index contributed by atoms with van der Waals surface area (Å²) in [4.78, 5) is 33.6. The largest absolute Gasteiger partial charge is 0.460 e. The van der Waals surface area contributed by atoms with Gasteiger partial charge in [0.2, 0.25) is 5.95 Å². The molecule has 12 heteroatoms. The molecule has 194 valence electrons. The number of aromatic nitrogens is 8. The summed E-state index contributed by atoms with van der Waals surface area (Å²) in [6, 6.07) is 7.89. The topological polar surface area (TPSA) is 121 Å². The van der Waals surface area contributed by atoms with Crippen LogP contribution in [-0.2, 0) is 13.6 Å². The number of rotatable bonds is 7. The third kappa shape index (κ3) is 4.39. The number of piperidine rings is 1. The quantitative estimate of drug-likeness (QED) is 0.328. The van der Waals surface area contributed by atoms with Gasteiger partial charge in [-0.15, -0.1) is 6.58 Å². The Morgan fingerprint density at radius 1 is 1.13 bits per heavy atom. The lowest BCUT2D eigenvalue weighted by atomic mass is 10.1. The van der Waals surface area contributed by atoms with Crippen molar-refractivity contribution in [1.29, 1.82) is 0 Å². The van der Waals surface area contributed by atoms with Crippen molar-refractivity contribution in [1.82, 2.24) is 44.0 Å². The molecule has 0 aliphatic carbocycles. The van der Waals surface area contributed by atoms with Crippen LogP contribution >= 0.6 is 0 Å². The summed E-state index contributed by atoms with van der Waals surface area (Å²) >= 11 is 0. The maximum absolute atomic E-state index is 13.3. The lowest BCUT2D eigenvalue weighted by molar-refractivity contribution is 0.105. The molecule has 0 bridgehead atoms. The number of benzene rings is 1. The van der Waals surface area contributed by atoms with E-state index in [1.807, 2.05) is 29.9 Å². The fourth-order valence-corrected chi connectivity index (χ4v) is 4.74. The highest BCUT2D eigenvalue weighted by Gasteiger charge is 2.21. The number of nitrogens with one attached hydrogen (secondary N) is 1. The normalized spacial score (nSPS) is 14.8. The van der Waals surface area contributed by atoms with Gasteiger partial charge in [0.1, 0.15) is 11.5 Å². The van der Waals surface area contributed by atoms with E-state index in [9.17, 15) is 4.79 Å². The maximum Gasteiger partial charge on any atom is 0.318 e. The Kier molecular flexibility index (Phi) is 6.08. The summed E-state index contributed by atoms with van der Waals surface area (Å²) in [6.07, 6.45) is 8.48. The van der Waals surface area contributed by atoms with Gasteiger partial charge in [-0.3, -0.25) is 9.48 Å². The second-order valence-electron chi connectivity index (χ2n) is 9.40. The zero-order chi connectivity index (χ0) is 26.2. The highest BCUT2D eigenvalue weighted by molar-refractivity contribution is 5.83. The second-order valence-corrected chi connectivity index (χ2v) is 9.40. The van der Waals surface area contributed by atoms with Gasteiger partial charge in [0.25, 0.3) is 5.56 Å². The summed E-state index contributed by atoms with van der Waals surface area (Å²) in [7, 11) is 4.00. The smallest absolute Gasteiger partial charge is 0.318 e. The first-order chi connectivity index (χ1) is 18.5. The molecule has 1 fully saturated rings. The Bertz CT molecular complexity index is 1690. The molecule has 0 radical (unpaired) electrons. The molecule has 0 atom stereocenters. The van der Waals surface area contributed by atoms with E-state index in [1.165, 1.54) is 10.9 Å². The zero-order valence-corrected chi connectivity index (χ0v) is 21.3. The minimum Gasteiger partial charge on any atom is -0.460 e. The molecule has 1 saturated heterocycles. The van der Waals surface area contributed by atoms with Gasteiger partial charge in [0, 0.05) is 49.7 Å². The van der Waals surface area contributed by atoms with Crippen LogP contribution < -0.4 is 15.6 Å². The number of likely N-dealkylation sites (tertiary alicyclic amines) is 1. The summed E-state index contributed by atoms with van der Waals surface area (Å²) in [6.45, 7) is 6.01. The number of hydrogen-bond acceptors (Lipinski definition) is 9. The van der Waals surface area contributed by atoms with Gasteiger partial charge < -0.3 is 15.0 Å². The van der Waals surface area contributed by atoms with Crippen LogP contribution in [0.3, 0.4) is 0 Å². The van der Waals surface area contributed by atoms with Crippen LogP contribution in [-0.4, -0.2) is 70.2 Å². The van der Waals surface area contributed by atoms with E-state index >= 15 is 0 Å². The molecule has 1 aliphatic rings. The van der Waals surface area contributed by atoms with Gasteiger partial charge in [0.05, 0.1) is 18.3 Å². The minimum absolute atomic E-state index is 0.0495. The van der Waals surface area contributed by atoms with Crippen LogP contribution in [0.5, 0.6) is 6.01 Å². The van der Waals surface area contributed by atoms with E-state index in [0.29, 0.717) is 22.8 Å². The first-order valence-corrected chi connectivity index (χ1v) is 12.5. The Hall–Kier alpha value is -4.58. The first-order valence-electron chi connectivity index (χ1n) is 12.5. The second kappa shape index (κ2) is 9.71. The number of allylic oxidation sites excluding steroid dienone is 1. The number of fused-ring (bicyclic) bond motifs is 2. The molecule has 0 spiro atoms. The molecule has 12 nitrogen and oxygen atoms in total. The molecule has 1 N–H and O–H groups in total. The molecule has 1 aromatic carbocycles. The van der Waals surface area contributed by atoms with Crippen molar-refractivity contribution >= 4 is 33.6 Å². The number of hydrogen-bond donors (Lipinski definition) is 1. The lowest BCUT2D eigenvalue weighted by Gasteiger charge is -2.28. The average Bonchev–Trinajstić information content (AvgIpc) is 3.42. The van der Waals surface area contributed by atoms with Crippen molar-refractivity contribution < 1.29 is 4.74 Å². The Morgan fingerprint density at radius 3 is 2.79 bits per heavy atom. The lowest BCUT2D eigenvalue weighted by Crippen LogP contribution is -2.36. The van der Waals surface area contributed by atoms with Crippen LogP contribution in [0.1, 0.15) is 12.8 Å². The average molecular weight is 513 g/mol. The van der Waals surface area contributed by atoms with Crippen LogP contribution in [0, 0.1) is 0 Å². The molecular formula is C26H28N10O2.